The largest absolute Gasteiger partial charge is 0.356 e. The number of hydrogen-bond acceptors (Lipinski definition) is 7. The molecule has 1 amide bonds. The Labute approximate surface area is 204 Å². The average molecular weight is 493 g/mol. The van der Waals surface area contributed by atoms with E-state index in [0.29, 0.717) is 27.4 Å². The maximum absolute atomic E-state index is 13.0. The quantitative estimate of drug-likeness (QED) is 0.324. The fourth-order valence-corrected chi connectivity index (χ4v) is 4.92. The zero-order chi connectivity index (χ0) is 24.1. The minimum Gasteiger partial charge on any atom is -0.356 e. The number of aromatic nitrogens is 3. The first-order valence-electron chi connectivity index (χ1n) is 10.4. The molecule has 0 bridgehead atoms. The number of rotatable bonds is 8. The van der Waals surface area contributed by atoms with Gasteiger partial charge < -0.3 is 10.6 Å². The monoisotopic (exact) mass is 492 g/mol. The highest BCUT2D eigenvalue weighted by atomic mass is 32.2. The van der Waals surface area contributed by atoms with Crippen LogP contribution in [0.5, 0.6) is 0 Å². The third-order valence-corrected chi connectivity index (χ3v) is 7.20. The van der Waals surface area contributed by atoms with Gasteiger partial charge in [-0.3, -0.25) is 9.36 Å². The molecule has 0 fully saturated rings. The molecule has 0 saturated heterocycles. The van der Waals surface area contributed by atoms with Crippen LogP contribution in [0.25, 0.3) is 5.69 Å². The molecule has 2 heterocycles. The number of benzene rings is 2. The van der Waals surface area contributed by atoms with Crippen LogP contribution in [0.3, 0.4) is 0 Å². The van der Waals surface area contributed by atoms with Crippen LogP contribution in [-0.2, 0) is 11.3 Å². The number of carbonyl (C=O) groups excluding carboxylic acids is 1. The van der Waals surface area contributed by atoms with Gasteiger partial charge in [0.2, 0.25) is 11.0 Å². The summed E-state index contributed by atoms with van der Waals surface area (Å²) < 4.78 is 15.5. The van der Waals surface area contributed by atoms with Crippen molar-refractivity contribution in [3.63, 3.8) is 0 Å². The Hall–Kier alpha value is -3.68. The lowest BCUT2D eigenvalue weighted by molar-refractivity contribution is -0.113. The van der Waals surface area contributed by atoms with Crippen molar-refractivity contribution in [3.05, 3.63) is 82.8 Å². The molecule has 34 heavy (non-hydrogen) atoms. The van der Waals surface area contributed by atoms with Gasteiger partial charge in [0.1, 0.15) is 17.7 Å². The molecule has 2 aromatic heterocycles. The summed E-state index contributed by atoms with van der Waals surface area (Å²) in [5, 5.41) is 24.6. The van der Waals surface area contributed by atoms with Crippen LogP contribution in [0, 0.1) is 31.0 Å². The Morgan fingerprint density at radius 2 is 1.88 bits per heavy atom. The normalized spacial score (nSPS) is 10.6. The van der Waals surface area contributed by atoms with Gasteiger partial charge >= 0.3 is 0 Å². The molecule has 4 rings (SSSR count). The van der Waals surface area contributed by atoms with Crippen molar-refractivity contribution in [3.8, 4) is 11.8 Å². The molecule has 172 valence electrons. The molecular formula is C24H21FN6OS2. The average Bonchev–Trinajstić information content (AvgIpc) is 3.40. The van der Waals surface area contributed by atoms with E-state index in [4.69, 9.17) is 0 Å². The Bertz CT molecular complexity index is 1340. The number of para-hydroxylation sites is 1. The molecule has 0 radical (unpaired) electrons. The summed E-state index contributed by atoms with van der Waals surface area (Å²) in [6, 6.07) is 18.0. The minimum absolute atomic E-state index is 0.121. The van der Waals surface area contributed by atoms with E-state index in [2.05, 4.69) is 26.9 Å². The first-order valence-corrected chi connectivity index (χ1v) is 12.2. The molecule has 0 atom stereocenters. The number of carbonyl (C=O) groups is 1. The molecule has 0 aliphatic carbocycles. The maximum Gasteiger partial charge on any atom is 0.235 e. The van der Waals surface area contributed by atoms with Crippen LogP contribution < -0.4 is 10.6 Å². The Morgan fingerprint density at radius 1 is 1.15 bits per heavy atom. The number of nitrogens with zero attached hydrogens (tertiary/aromatic N) is 4. The highest BCUT2D eigenvalue weighted by Crippen LogP contribution is 2.31. The molecule has 0 aliphatic rings. The van der Waals surface area contributed by atoms with E-state index in [-0.39, 0.29) is 17.5 Å². The van der Waals surface area contributed by atoms with Crippen molar-refractivity contribution < 1.29 is 9.18 Å². The third-order valence-electron chi connectivity index (χ3n) is 5.19. The van der Waals surface area contributed by atoms with E-state index >= 15 is 0 Å². The second-order valence-electron chi connectivity index (χ2n) is 7.41. The zero-order valence-electron chi connectivity index (χ0n) is 18.5. The number of nitriles is 1. The molecule has 0 saturated carbocycles. The summed E-state index contributed by atoms with van der Waals surface area (Å²) in [7, 11) is 0. The smallest absolute Gasteiger partial charge is 0.235 e. The Balaban J connectivity index is 1.40. The third kappa shape index (κ3) is 5.27. The lowest BCUT2D eigenvalue weighted by atomic mass is 10.2. The summed E-state index contributed by atoms with van der Waals surface area (Å²) in [5.74, 6) is 0.0653. The highest BCUT2D eigenvalue weighted by molar-refractivity contribution is 8.01. The van der Waals surface area contributed by atoms with Crippen LogP contribution >= 0.6 is 23.1 Å². The first kappa shape index (κ1) is 23.5. The summed E-state index contributed by atoms with van der Waals surface area (Å²) in [6.07, 6.45) is 0. The van der Waals surface area contributed by atoms with Crippen molar-refractivity contribution >= 4 is 40.0 Å². The van der Waals surface area contributed by atoms with E-state index < -0.39 is 0 Å². The van der Waals surface area contributed by atoms with Crippen molar-refractivity contribution in [1.29, 1.82) is 5.26 Å². The van der Waals surface area contributed by atoms with Gasteiger partial charge in [0.15, 0.2) is 4.34 Å². The zero-order valence-corrected chi connectivity index (χ0v) is 20.1. The first-order chi connectivity index (χ1) is 16.5. The summed E-state index contributed by atoms with van der Waals surface area (Å²) in [4.78, 5) is 12.8. The molecule has 7 nitrogen and oxygen atoms in total. The SMILES string of the molecule is Cc1c(C#N)c(NC(=O)CSc2nnc(NCc3ccc(F)cc3)s2)n(-c2ccccc2)c1C. The number of anilines is 2. The fourth-order valence-electron chi connectivity index (χ4n) is 3.38. The number of amides is 1. The van der Waals surface area contributed by atoms with Crippen molar-refractivity contribution in [2.45, 2.75) is 24.7 Å². The van der Waals surface area contributed by atoms with Crippen molar-refractivity contribution in [2.24, 2.45) is 0 Å². The predicted octanol–water partition coefficient (Wildman–Crippen LogP) is 5.30. The van der Waals surface area contributed by atoms with Crippen LogP contribution in [0.15, 0.2) is 58.9 Å². The minimum atomic E-state index is -0.278. The molecule has 0 spiro atoms. The van der Waals surface area contributed by atoms with E-state index in [9.17, 15) is 14.4 Å². The fraction of sp³-hybridized carbons (Fsp3) is 0.167. The summed E-state index contributed by atoms with van der Waals surface area (Å²) in [6.45, 7) is 4.29. The number of nitrogens with one attached hydrogen (secondary N) is 2. The van der Waals surface area contributed by atoms with Gasteiger partial charge in [0, 0.05) is 17.9 Å². The standard InChI is InChI=1S/C24H21FN6OS2/c1-15-16(2)31(19-6-4-3-5-7-19)22(20(15)12-26)28-21(32)14-33-24-30-29-23(34-24)27-13-17-8-10-18(25)11-9-17/h3-11H,13-14H2,1-2H3,(H,27,29)(H,28,32). The van der Waals surface area contributed by atoms with Crippen LogP contribution in [0.4, 0.5) is 15.3 Å². The topological polar surface area (TPSA) is 95.6 Å². The maximum atomic E-state index is 13.0. The molecule has 2 aromatic carbocycles. The van der Waals surface area contributed by atoms with Gasteiger partial charge in [0.25, 0.3) is 0 Å². The summed E-state index contributed by atoms with van der Waals surface area (Å²) >= 11 is 2.61. The Kier molecular flexibility index (Phi) is 7.25. The van der Waals surface area contributed by atoms with Crippen LogP contribution in [-0.4, -0.2) is 26.4 Å². The number of hydrogen-bond donors (Lipinski definition) is 2. The second kappa shape index (κ2) is 10.5. The molecule has 4 aromatic rings. The van der Waals surface area contributed by atoms with Gasteiger partial charge in [-0.2, -0.15) is 5.26 Å². The van der Waals surface area contributed by atoms with Gasteiger partial charge in [-0.05, 0) is 49.2 Å². The summed E-state index contributed by atoms with van der Waals surface area (Å²) in [5.41, 5.74) is 3.96. The van der Waals surface area contributed by atoms with E-state index in [0.717, 1.165) is 22.5 Å². The Morgan fingerprint density at radius 3 is 2.59 bits per heavy atom. The lowest BCUT2D eigenvalue weighted by Gasteiger charge is -2.13. The highest BCUT2D eigenvalue weighted by Gasteiger charge is 2.21. The molecule has 2 N–H and O–H groups in total. The molecular weight excluding hydrogens is 471 g/mol. The number of thioether (sulfide) groups is 1. The molecule has 0 aliphatic heterocycles. The number of halogens is 1. The van der Waals surface area contributed by atoms with Gasteiger partial charge in [-0.15, -0.1) is 10.2 Å². The van der Waals surface area contributed by atoms with Crippen molar-refractivity contribution in [1.82, 2.24) is 14.8 Å². The van der Waals surface area contributed by atoms with E-state index in [1.165, 1.54) is 35.2 Å². The van der Waals surface area contributed by atoms with Crippen LogP contribution in [0.1, 0.15) is 22.4 Å². The van der Waals surface area contributed by atoms with Crippen molar-refractivity contribution in [2.75, 3.05) is 16.4 Å². The second-order valence-corrected chi connectivity index (χ2v) is 9.61. The van der Waals surface area contributed by atoms with E-state index in [1.54, 1.807) is 12.1 Å². The van der Waals surface area contributed by atoms with Gasteiger partial charge in [-0.25, -0.2) is 4.39 Å². The van der Waals surface area contributed by atoms with E-state index in [1.807, 2.05) is 48.7 Å². The van der Waals surface area contributed by atoms with Gasteiger partial charge in [0.05, 0.1) is 11.3 Å². The lowest BCUT2D eigenvalue weighted by Crippen LogP contribution is -2.17. The van der Waals surface area contributed by atoms with Gasteiger partial charge in [-0.1, -0.05) is 53.4 Å². The predicted molar refractivity (Wildman–Crippen MR) is 133 cm³/mol. The van der Waals surface area contributed by atoms with Crippen LogP contribution in [0.2, 0.25) is 0 Å². The molecule has 0 unspecified atom stereocenters. The molecule has 10 heteroatoms.